The van der Waals surface area contributed by atoms with Gasteiger partial charge in [-0.25, -0.2) is 4.68 Å². The molecule has 83 valence electrons. The Hall–Kier alpha value is -2.36. The van der Waals surface area contributed by atoms with Crippen LogP contribution in [0.2, 0.25) is 0 Å². The highest BCUT2D eigenvalue weighted by Crippen LogP contribution is 2.22. The van der Waals surface area contributed by atoms with Crippen LogP contribution in [0.5, 0.6) is 5.75 Å². The summed E-state index contributed by atoms with van der Waals surface area (Å²) in [5.74, 6) is 0.102. The van der Waals surface area contributed by atoms with E-state index in [-0.39, 0.29) is 5.75 Å². The molecular weight excluding hydrogens is 214 g/mol. The second-order valence-corrected chi connectivity index (χ2v) is 3.88. The maximum Gasteiger partial charge on any atom is 0.125 e. The van der Waals surface area contributed by atoms with E-state index in [0.29, 0.717) is 0 Å². The van der Waals surface area contributed by atoms with Gasteiger partial charge in [-0.15, -0.1) is 5.10 Å². The van der Waals surface area contributed by atoms with Gasteiger partial charge >= 0.3 is 0 Å². The summed E-state index contributed by atoms with van der Waals surface area (Å²) in [5, 5.41) is 17.7. The molecule has 1 aromatic heterocycles. The van der Waals surface area contributed by atoms with Gasteiger partial charge in [-0.3, -0.25) is 0 Å². The summed E-state index contributed by atoms with van der Waals surface area (Å²) in [6, 6.07) is 13.8. The van der Waals surface area contributed by atoms with Crippen molar-refractivity contribution in [1.82, 2.24) is 15.0 Å². The van der Waals surface area contributed by atoms with Crippen molar-refractivity contribution in [3.63, 3.8) is 0 Å². The first-order valence-electron chi connectivity index (χ1n) is 5.28. The van der Waals surface area contributed by atoms with Crippen molar-refractivity contribution in [3.05, 3.63) is 48.0 Å². The lowest BCUT2D eigenvalue weighted by molar-refractivity contribution is 0.473. The van der Waals surface area contributed by atoms with Crippen molar-refractivity contribution in [2.45, 2.75) is 6.92 Å². The molecule has 0 spiro atoms. The van der Waals surface area contributed by atoms with Crippen molar-refractivity contribution in [1.29, 1.82) is 0 Å². The van der Waals surface area contributed by atoms with Gasteiger partial charge in [0.2, 0.25) is 0 Å². The minimum Gasteiger partial charge on any atom is -0.507 e. The smallest absolute Gasteiger partial charge is 0.125 e. The highest BCUT2D eigenvalue weighted by Gasteiger charge is 2.08. The van der Waals surface area contributed by atoms with E-state index >= 15 is 0 Å². The molecule has 0 atom stereocenters. The van der Waals surface area contributed by atoms with Gasteiger partial charge in [0.15, 0.2) is 0 Å². The van der Waals surface area contributed by atoms with Crippen LogP contribution < -0.4 is 0 Å². The summed E-state index contributed by atoms with van der Waals surface area (Å²) in [6.45, 7) is 1.95. The van der Waals surface area contributed by atoms with Gasteiger partial charge in [-0.1, -0.05) is 17.3 Å². The van der Waals surface area contributed by atoms with Crippen molar-refractivity contribution in [3.8, 4) is 11.4 Å². The van der Waals surface area contributed by atoms with Crippen molar-refractivity contribution in [2.24, 2.45) is 0 Å². The molecule has 0 aliphatic heterocycles. The second kappa shape index (κ2) is 3.59. The third-order valence-electron chi connectivity index (χ3n) is 2.69. The van der Waals surface area contributed by atoms with Crippen LogP contribution in [-0.4, -0.2) is 20.1 Å². The maximum absolute atomic E-state index is 9.49. The third kappa shape index (κ3) is 1.54. The number of rotatable bonds is 1. The number of hydrogen-bond donors (Lipinski definition) is 1. The lowest BCUT2D eigenvalue weighted by atomic mass is 10.2. The Morgan fingerprint density at radius 3 is 3.00 bits per heavy atom. The number of nitrogens with zero attached hydrogens (tertiary/aromatic N) is 3. The molecule has 0 fully saturated rings. The van der Waals surface area contributed by atoms with Gasteiger partial charge in [0.25, 0.3) is 0 Å². The number of hydrogen-bond acceptors (Lipinski definition) is 3. The van der Waals surface area contributed by atoms with E-state index in [0.717, 1.165) is 22.3 Å². The molecule has 0 bridgehead atoms. The number of benzene rings is 2. The Morgan fingerprint density at radius 2 is 2.12 bits per heavy atom. The van der Waals surface area contributed by atoms with Crippen LogP contribution in [0.4, 0.5) is 0 Å². The molecule has 1 N–H and O–H groups in total. The molecule has 1 radical (unpaired) electrons. The second-order valence-electron chi connectivity index (χ2n) is 3.88. The van der Waals surface area contributed by atoms with Crippen LogP contribution in [0, 0.1) is 13.0 Å². The molecule has 0 aliphatic carbocycles. The van der Waals surface area contributed by atoms with E-state index in [9.17, 15) is 5.11 Å². The van der Waals surface area contributed by atoms with E-state index in [1.807, 2.05) is 31.2 Å². The lowest BCUT2D eigenvalue weighted by Gasteiger charge is -2.06. The van der Waals surface area contributed by atoms with Gasteiger partial charge in [0, 0.05) is 12.1 Å². The molecule has 0 amide bonds. The minimum absolute atomic E-state index is 0.102. The number of aromatic hydroxyl groups is 1. The Morgan fingerprint density at radius 1 is 1.29 bits per heavy atom. The Labute approximate surface area is 98.1 Å². The van der Waals surface area contributed by atoms with Crippen LogP contribution in [0.25, 0.3) is 16.7 Å². The molecule has 3 rings (SSSR count). The van der Waals surface area contributed by atoms with Crippen LogP contribution >= 0.6 is 0 Å². The Bertz CT molecular complexity index is 688. The quantitative estimate of drug-likeness (QED) is 0.689. The van der Waals surface area contributed by atoms with Crippen LogP contribution in [0.1, 0.15) is 5.56 Å². The molecule has 3 aromatic rings. The molecule has 0 unspecified atom stereocenters. The van der Waals surface area contributed by atoms with E-state index in [4.69, 9.17) is 0 Å². The highest BCUT2D eigenvalue weighted by atomic mass is 16.3. The molecule has 4 heteroatoms. The fourth-order valence-electron chi connectivity index (χ4n) is 1.82. The zero-order valence-electron chi connectivity index (χ0n) is 9.25. The van der Waals surface area contributed by atoms with Crippen LogP contribution in [0.15, 0.2) is 36.4 Å². The molecule has 1 heterocycles. The van der Waals surface area contributed by atoms with E-state index in [1.54, 1.807) is 16.8 Å². The average Bonchev–Trinajstić information content (AvgIpc) is 2.76. The van der Waals surface area contributed by atoms with Crippen LogP contribution in [0.3, 0.4) is 0 Å². The molecule has 0 saturated heterocycles. The SMILES string of the molecule is Cc1c[c]c(O)cc1-n1nnc2ccccc21. The fraction of sp³-hybridized carbons (Fsp3) is 0.0769. The summed E-state index contributed by atoms with van der Waals surface area (Å²) >= 11 is 0. The third-order valence-corrected chi connectivity index (χ3v) is 2.69. The molecule has 0 aliphatic rings. The summed E-state index contributed by atoms with van der Waals surface area (Å²) in [6.07, 6.45) is 0. The number of phenolic OH excluding ortho intramolecular Hbond substituents is 1. The minimum atomic E-state index is 0.102. The van der Waals surface area contributed by atoms with Gasteiger partial charge in [-0.05, 0) is 30.7 Å². The van der Waals surface area contributed by atoms with Crippen molar-refractivity contribution < 1.29 is 5.11 Å². The predicted octanol–water partition coefficient (Wildman–Crippen LogP) is 2.23. The topological polar surface area (TPSA) is 50.9 Å². The van der Waals surface area contributed by atoms with Gasteiger partial charge < -0.3 is 5.11 Å². The Balaban J connectivity index is 2.31. The lowest BCUT2D eigenvalue weighted by Crippen LogP contribution is -1.99. The molecule has 4 nitrogen and oxygen atoms in total. The summed E-state index contributed by atoms with van der Waals surface area (Å²) in [7, 11) is 0. The van der Waals surface area contributed by atoms with E-state index in [1.165, 1.54) is 0 Å². The van der Waals surface area contributed by atoms with Gasteiger partial charge in [0.05, 0.1) is 11.2 Å². The molecule has 2 aromatic carbocycles. The number of phenols is 1. The van der Waals surface area contributed by atoms with Gasteiger partial charge in [0.1, 0.15) is 11.3 Å². The number of aromatic nitrogens is 3. The van der Waals surface area contributed by atoms with Gasteiger partial charge in [-0.2, -0.15) is 0 Å². The first-order valence-corrected chi connectivity index (χ1v) is 5.28. The van der Waals surface area contributed by atoms with E-state index in [2.05, 4.69) is 16.4 Å². The normalized spacial score (nSPS) is 10.9. The molecule has 17 heavy (non-hydrogen) atoms. The standard InChI is InChI=1S/C13H10N3O/c1-9-6-7-10(17)8-13(9)16-12-5-3-2-4-11(12)14-15-16/h2-6,8,17H,1H3. The fourth-order valence-corrected chi connectivity index (χ4v) is 1.82. The maximum atomic E-state index is 9.49. The molecular formula is C13H10N3O. The van der Waals surface area contributed by atoms with Crippen molar-refractivity contribution >= 4 is 11.0 Å². The average molecular weight is 224 g/mol. The number of fused-ring (bicyclic) bond motifs is 1. The summed E-state index contributed by atoms with van der Waals surface area (Å²) < 4.78 is 1.72. The van der Waals surface area contributed by atoms with E-state index < -0.39 is 0 Å². The predicted molar refractivity (Wildman–Crippen MR) is 64.1 cm³/mol. The highest BCUT2D eigenvalue weighted by molar-refractivity contribution is 5.76. The zero-order chi connectivity index (χ0) is 11.8. The van der Waals surface area contributed by atoms with Crippen LogP contribution in [-0.2, 0) is 0 Å². The van der Waals surface area contributed by atoms with Crippen molar-refractivity contribution in [2.75, 3.05) is 0 Å². The monoisotopic (exact) mass is 224 g/mol. The number of para-hydroxylation sites is 1. The largest absolute Gasteiger partial charge is 0.507 e. The first-order chi connectivity index (χ1) is 8.25. The number of aryl methyl sites for hydroxylation is 1. The summed E-state index contributed by atoms with van der Waals surface area (Å²) in [5.41, 5.74) is 3.55. The summed E-state index contributed by atoms with van der Waals surface area (Å²) in [4.78, 5) is 0. The Kier molecular flexibility index (Phi) is 2.08. The zero-order valence-corrected chi connectivity index (χ0v) is 9.25. The first kappa shape index (κ1) is 9.84. The molecule has 0 saturated carbocycles.